The summed E-state index contributed by atoms with van der Waals surface area (Å²) in [7, 11) is 1.83. The number of thiophene rings is 1. The molecule has 0 aliphatic carbocycles. The van der Waals surface area contributed by atoms with Gasteiger partial charge in [-0.2, -0.15) is 11.3 Å². The lowest BCUT2D eigenvalue weighted by molar-refractivity contribution is 0.245. The second-order valence-electron chi connectivity index (χ2n) is 6.61. The minimum absolute atomic E-state index is 0.391. The van der Waals surface area contributed by atoms with Crippen LogP contribution in [0.4, 0.5) is 0 Å². The largest absolute Gasteiger partial charge is 0.354 e. The molecule has 0 amide bonds. The van der Waals surface area contributed by atoms with Crippen LogP contribution in [0.3, 0.4) is 0 Å². The van der Waals surface area contributed by atoms with Gasteiger partial charge in [0.2, 0.25) is 0 Å². The molecule has 3 rings (SSSR count). The topological polar surface area (TPSA) is 39.7 Å². The van der Waals surface area contributed by atoms with Gasteiger partial charge in [-0.1, -0.05) is 29.8 Å². The Hall–Kier alpha value is -1.85. The number of aliphatic imine (C=N–C) groups is 1. The number of guanidine groups is 1. The first kappa shape index (κ1) is 18.0. The standard InChI is InChI=1S/C20H28N4S/c1-16-5-7-18(8-6-16)19(24-10-3-4-11-24)14-23-20(21-2)22-13-17-9-12-25-15-17/h5-9,12,15,19H,3-4,10-11,13-14H2,1-2H3,(H2,21,22,23). The molecule has 1 aliphatic rings. The molecule has 1 atom stereocenters. The van der Waals surface area contributed by atoms with Crippen LogP contribution in [0.5, 0.6) is 0 Å². The Morgan fingerprint density at radius 2 is 1.92 bits per heavy atom. The highest BCUT2D eigenvalue weighted by Gasteiger charge is 2.23. The molecule has 134 valence electrons. The summed E-state index contributed by atoms with van der Waals surface area (Å²) in [6, 6.07) is 11.5. The third-order valence-corrected chi connectivity index (χ3v) is 5.50. The van der Waals surface area contributed by atoms with Crippen LogP contribution < -0.4 is 10.6 Å². The van der Waals surface area contributed by atoms with E-state index in [1.807, 2.05) is 7.05 Å². The molecule has 2 aromatic rings. The molecule has 0 saturated carbocycles. The zero-order valence-corrected chi connectivity index (χ0v) is 16.0. The number of nitrogens with zero attached hydrogens (tertiary/aromatic N) is 2. The van der Waals surface area contributed by atoms with Crippen molar-refractivity contribution in [3.05, 3.63) is 57.8 Å². The van der Waals surface area contributed by atoms with Crippen molar-refractivity contribution >= 4 is 17.3 Å². The number of nitrogens with one attached hydrogen (secondary N) is 2. The van der Waals surface area contributed by atoms with Crippen molar-refractivity contribution in [2.45, 2.75) is 32.4 Å². The summed E-state index contributed by atoms with van der Waals surface area (Å²) in [5.74, 6) is 0.863. The molecule has 4 nitrogen and oxygen atoms in total. The van der Waals surface area contributed by atoms with Crippen LogP contribution in [0, 0.1) is 6.92 Å². The lowest BCUT2D eigenvalue weighted by Crippen LogP contribution is -2.42. The van der Waals surface area contributed by atoms with Crippen molar-refractivity contribution in [1.82, 2.24) is 15.5 Å². The van der Waals surface area contributed by atoms with Crippen molar-refractivity contribution in [3.8, 4) is 0 Å². The van der Waals surface area contributed by atoms with E-state index in [9.17, 15) is 0 Å². The van der Waals surface area contributed by atoms with E-state index in [1.165, 1.54) is 42.6 Å². The Labute approximate surface area is 155 Å². The molecule has 0 bridgehead atoms. The third kappa shape index (κ3) is 5.06. The Morgan fingerprint density at radius 1 is 1.16 bits per heavy atom. The second-order valence-corrected chi connectivity index (χ2v) is 7.39. The fourth-order valence-electron chi connectivity index (χ4n) is 3.29. The van der Waals surface area contributed by atoms with Gasteiger partial charge in [-0.25, -0.2) is 0 Å². The molecule has 0 radical (unpaired) electrons. The summed E-state index contributed by atoms with van der Waals surface area (Å²) in [5, 5.41) is 11.2. The predicted octanol–water partition coefficient (Wildman–Crippen LogP) is 3.56. The Morgan fingerprint density at radius 3 is 2.56 bits per heavy atom. The maximum atomic E-state index is 4.37. The minimum Gasteiger partial charge on any atom is -0.354 e. The lowest BCUT2D eigenvalue weighted by atomic mass is 10.0. The van der Waals surface area contributed by atoms with Gasteiger partial charge in [-0.3, -0.25) is 9.89 Å². The Bertz CT molecular complexity index is 658. The summed E-state index contributed by atoms with van der Waals surface area (Å²) in [6.07, 6.45) is 2.60. The summed E-state index contributed by atoms with van der Waals surface area (Å²) in [4.78, 5) is 6.96. The zero-order valence-electron chi connectivity index (χ0n) is 15.2. The molecule has 5 heteroatoms. The van der Waals surface area contributed by atoms with Crippen molar-refractivity contribution in [3.63, 3.8) is 0 Å². The molecule has 1 saturated heterocycles. The van der Waals surface area contributed by atoms with E-state index >= 15 is 0 Å². The van der Waals surface area contributed by atoms with Gasteiger partial charge in [0.1, 0.15) is 0 Å². The molecule has 25 heavy (non-hydrogen) atoms. The van der Waals surface area contributed by atoms with E-state index in [4.69, 9.17) is 0 Å². The molecular formula is C20H28N4S. The van der Waals surface area contributed by atoms with Gasteiger partial charge in [0, 0.05) is 20.1 Å². The van der Waals surface area contributed by atoms with Crippen LogP contribution in [-0.4, -0.2) is 37.5 Å². The van der Waals surface area contributed by atoms with Gasteiger partial charge >= 0.3 is 0 Å². The normalized spacial score (nSPS) is 16.8. The van der Waals surface area contributed by atoms with Gasteiger partial charge in [-0.05, 0) is 60.8 Å². The van der Waals surface area contributed by atoms with Gasteiger partial charge < -0.3 is 10.6 Å². The molecule has 0 spiro atoms. The summed E-state index contributed by atoms with van der Waals surface area (Å²) in [5.41, 5.74) is 3.99. The molecule has 1 aliphatic heterocycles. The van der Waals surface area contributed by atoms with Gasteiger partial charge in [0.05, 0.1) is 6.04 Å². The third-order valence-electron chi connectivity index (χ3n) is 4.77. The van der Waals surface area contributed by atoms with Crippen LogP contribution in [0.2, 0.25) is 0 Å². The van der Waals surface area contributed by atoms with Crippen molar-refractivity contribution in [2.24, 2.45) is 4.99 Å². The first-order valence-electron chi connectivity index (χ1n) is 9.02. The van der Waals surface area contributed by atoms with Crippen molar-refractivity contribution < 1.29 is 0 Å². The smallest absolute Gasteiger partial charge is 0.191 e. The molecule has 2 heterocycles. The number of likely N-dealkylation sites (tertiary alicyclic amines) is 1. The maximum Gasteiger partial charge on any atom is 0.191 e. The van der Waals surface area contributed by atoms with Crippen LogP contribution >= 0.6 is 11.3 Å². The lowest BCUT2D eigenvalue weighted by Gasteiger charge is -2.29. The monoisotopic (exact) mass is 356 g/mol. The molecule has 1 aromatic heterocycles. The van der Waals surface area contributed by atoms with Crippen LogP contribution in [0.1, 0.15) is 35.6 Å². The minimum atomic E-state index is 0.391. The van der Waals surface area contributed by atoms with Crippen LogP contribution in [0.15, 0.2) is 46.1 Å². The quantitative estimate of drug-likeness (QED) is 0.614. The summed E-state index contributed by atoms with van der Waals surface area (Å²) >= 11 is 1.73. The van der Waals surface area contributed by atoms with Crippen LogP contribution in [-0.2, 0) is 6.54 Å². The molecule has 1 aromatic carbocycles. The highest BCUT2D eigenvalue weighted by Crippen LogP contribution is 2.24. The molecule has 2 N–H and O–H groups in total. The zero-order chi connectivity index (χ0) is 17.5. The number of rotatable bonds is 6. The first-order valence-corrected chi connectivity index (χ1v) is 9.97. The van der Waals surface area contributed by atoms with E-state index in [1.54, 1.807) is 11.3 Å². The van der Waals surface area contributed by atoms with Crippen LogP contribution in [0.25, 0.3) is 0 Å². The summed E-state index contributed by atoms with van der Waals surface area (Å²) < 4.78 is 0. The van der Waals surface area contributed by atoms with Gasteiger partial charge in [0.15, 0.2) is 5.96 Å². The number of hydrogen-bond acceptors (Lipinski definition) is 3. The highest BCUT2D eigenvalue weighted by molar-refractivity contribution is 7.07. The van der Waals surface area contributed by atoms with Gasteiger partial charge in [0.25, 0.3) is 0 Å². The number of hydrogen-bond donors (Lipinski definition) is 2. The maximum absolute atomic E-state index is 4.37. The van der Waals surface area contributed by atoms with Crippen molar-refractivity contribution in [1.29, 1.82) is 0 Å². The van der Waals surface area contributed by atoms with E-state index in [0.29, 0.717) is 6.04 Å². The second kappa shape index (κ2) is 9.02. The number of aryl methyl sites for hydroxylation is 1. The fraction of sp³-hybridized carbons (Fsp3) is 0.450. The molecule has 1 unspecified atom stereocenters. The van der Waals surface area contributed by atoms with Crippen molar-refractivity contribution in [2.75, 3.05) is 26.7 Å². The predicted molar refractivity (Wildman–Crippen MR) is 107 cm³/mol. The summed E-state index contributed by atoms with van der Waals surface area (Å²) in [6.45, 7) is 6.18. The SMILES string of the molecule is CN=C(NCc1ccsc1)NCC(c1ccc(C)cc1)N1CCCC1. The Balaban J connectivity index is 1.61. The fourth-order valence-corrected chi connectivity index (χ4v) is 3.96. The van der Waals surface area contributed by atoms with E-state index in [-0.39, 0.29) is 0 Å². The molecule has 1 fully saturated rings. The Kier molecular flexibility index (Phi) is 6.48. The first-order chi connectivity index (χ1) is 12.3. The average Bonchev–Trinajstić information content (AvgIpc) is 3.33. The molecular weight excluding hydrogens is 328 g/mol. The highest BCUT2D eigenvalue weighted by atomic mass is 32.1. The number of benzene rings is 1. The van der Waals surface area contributed by atoms with Gasteiger partial charge in [-0.15, -0.1) is 0 Å². The van der Waals surface area contributed by atoms with E-state index in [2.05, 4.69) is 68.5 Å². The average molecular weight is 357 g/mol. The van der Waals surface area contributed by atoms with E-state index in [0.717, 1.165) is 19.0 Å². The van der Waals surface area contributed by atoms with E-state index < -0.39 is 0 Å².